The highest BCUT2D eigenvalue weighted by atomic mass is 19.1. The molecule has 0 aliphatic heterocycles. The number of nitrogens with zero attached hydrogens (tertiary/aromatic N) is 1. The average Bonchev–Trinajstić information content (AvgIpc) is 2.65. The quantitative estimate of drug-likeness (QED) is 0.594. The Kier molecular flexibility index (Phi) is 7.32. The summed E-state index contributed by atoms with van der Waals surface area (Å²) in [4.78, 5) is 39.9. The van der Waals surface area contributed by atoms with Gasteiger partial charge in [-0.1, -0.05) is 6.07 Å². The normalized spacial score (nSPS) is 12.6. The molecule has 1 aromatic heterocycles. The van der Waals surface area contributed by atoms with Gasteiger partial charge in [0.1, 0.15) is 29.5 Å². The third-order valence-corrected chi connectivity index (χ3v) is 3.85. The summed E-state index contributed by atoms with van der Waals surface area (Å²) in [5, 5.41) is 4.92. The van der Waals surface area contributed by atoms with Gasteiger partial charge in [-0.3, -0.25) is 9.59 Å². The largest absolute Gasteiger partial charge is 0.468 e. The van der Waals surface area contributed by atoms with E-state index >= 15 is 0 Å². The Bertz CT molecular complexity index is 903. The van der Waals surface area contributed by atoms with Gasteiger partial charge in [0.25, 0.3) is 0 Å². The van der Waals surface area contributed by atoms with Crippen molar-refractivity contribution in [1.29, 1.82) is 0 Å². The predicted octanol–water partition coefficient (Wildman–Crippen LogP) is 1.22. The van der Waals surface area contributed by atoms with Gasteiger partial charge >= 0.3 is 5.97 Å². The Balaban J connectivity index is 1.96. The minimum Gasteiger partial charge on any atom is -0.468 e. The molecule has 0 aliphatic rings. The second-order valence-electron chi connectivity index (χ2n) is 6.18. The van der Waals surface area contributed by atoms with E-state index in [1.54, 1.807) is 6.07 Å². The Morgan fingerprint density at radius 3 is 2.45 bits per heavy atom. The van der Waals surface area contributed by atoms with Gasteiger partial charge in [-0.25, -0.2) is 18.6 Å². The highest BCUT2D eigenvalue weighted by Crippen LogP contribution is 2.13. The van der Waals surface area contributed by atoms with Gasteiger partial charge in [0, 0.05) is 6.07 Å². The second kappa shape index (κ2) is 9.69. The SMILES string of the molecule is COC(=O)C(N)c1cccc(NC(=O)[C@H](C)NC(=O)Cc2cc(F)cc(F)c2)n1. The summed E-state index contributed by atoms with van der Waals surface area (Å²) >= 11 is 0. The van der Waals surface area contributed by atoms with E-state index in [1.165, 1.54) is 26.2 Å². The zero-order valence-corrected chi connectivity index (χ0v) is 15.7. The van der Waals surface area contributed by atoms with Crippen molar-refractivity contribution in [3.8, 4) is 0 Å². The molecule has 1 unspecified atom stereocenters. The minimum absolute atomic E-state index is 0.125. The van der Waals surface area contributed by atoms with Crippen LogP contribution in [0.5, 0.6) is 0 Å². The molecule has 1 aromatic carbocycles. The molecule has 4 N–H and O–H groups in total. The van der Waals surface area contributed by atoms with Gasteiger partial charge in [-0.05, 0) is 36.8 Å². The van der Waals surface area contributed by atoms with E-state index in [9.17, 15) is 23.2 Å². The summed E-state index contributed by atoms with van der Waals surface area (Å²) < 4.78 is 30.9. The van der Waals surface area contributed by atoms with Crippen molar-refractivity contribution >= 4 is 23.6 Å². The lowest BCUT2D eigenvalue weighted by atomic mass is 10.1. The molecule has 0 spiro atoms. The van der Waals surface area contributed by atoms with E-state index in [4.69, 9.17) is 5.73 Å². The maximum Gasteiger partial charge on any atom is 0.328 e. The van der Waals surface area contributed by atoms with Crippen LogP contribution < -0.4 is 16.4 Å². The number of rotatable bonds is 7. The van der Waals surface area contributed by atoms with E-state index in [2.05, 4.69) is 20.4 Å². The number of nitrogens with two attached hydrogens (primary N) is 1. The van der Waals surface area contributed by atoms with Crippen LogP contribution in [0, 0.1) is 11.6 Å². The molecule has 0 fully saturated rings. The molecule has 0 saturated carbocycles. The topological polar surface area (TPSA) is 123 Å². The van der Waals surface area contributed by atoms with Crippen LogP contribution in [0.2, 0.25) is 0 Å². The van der Waals surface area contributed by atoms with E-state index in [0.29, 0.717) is 6.07 Å². The maximum absolute atomic E-state index is 13.2. The number of esters is 1. The van der Waals surface area contributed by atoms with E-state index in [-0.39, 0.29) is 23.5 Å². The van der Waals surface area contributed by atoms with Gasteiger partial charge in [0.15, 0.2) is 0 Å². The zero-order valence-electron chi connectivity index (χ0n) is 15.7. The summed E-state index contributed by atoms with van der Waals surface area (Å²) in [6, 6.07) is 5.23. The lowest BCUT2D eigenvalue weighted by Crippen LogP contribution is -2.42. The lowest BCUT2D eigenvalue weighted by molar-refractivity contribution is -0.142. The average molecular weight is 406 g/mol. The van der Waals surface area contributed by atoms with Crippen LogP contribution in [0.4, 0.5) is 14.6 Å². The number of anilines is 1. The third kappa shape index (κ3) is 6.32. The van der Waals surface area contributed by atoms with Crippen LogP contribution in [-0.4, -0.2) is 35.9 Å². The van der Waals surface area contributed by atoms with Gasteiger partial charge in [-0.15, -0.1) is 0 Å². The summed E-state index contributed by atoms with van der Waals surface area (Å²) in [7, 11) is 1.19. The monoisotopic (exact) mass is 406 g/mol. The molecule has 2 amide bonds. The molecule has 0 aliphatic carbocycles. The van der Waals surface area contributed by atoms with Crippen LogP contribution >= 0.6 is 0 Å². The van der Waals surface area contributed by atoms with Gasteiger partial charge in [0.2, 0.25) is 11.8 Å². The number of hydrogen-bond donors (Lipinski definition) is 3. The number of amides is 2. The first kappa shape index (κ1) is 21.9. The smallest absolute Gasteiger partial charge is 0.328 e. The highest BCUT2D eigenvalue weighted by Gasteiger charge is 2.20. The first-order chi connectivity index (χ1) is 13.7. The van der Waals surface area contributed by atoms with Crippen molar-refractivity contribution in [2.24, 2.45) is 5.73 Å². The van der Waals surface area contributed by atoms with Gasteiger partial charge in [-0.2, -0.15) is 0 Å². The Labute approximate surface area is 165 Å². The Morgan fingerprint density at radius 1 is 1.17 bits per heavy atom. The van der Waals surface area contributed by atoms with E-state index < -0.39 is 41.5 Å². The number of carbonyl (C=O) groups is 3. The lowest BCUT2D eigenvalue weighted by Gasteiger charge is -2.15. The molecule has 10 heteroatoms. The molecular weight excluding hydrogens is 386 g/mol. The molecule has 8 nitrogen and oxygen atoms in total. The number of halogens is 2. The van der Waals surface area contributed by atoms with Crippen molar-refractivity contribution in [2.75, 3.05) is 12.4 Å². The van der Waals surface area contributed by atoms with E-state index in [0.717, 1.165) is 12.1 Å². The number of benzene rings is 1. The zero-order chi connectivity index (χ0) is 21.6. The Hall–Kier alpha value is -3.40. The minimum atomic E-state index is -1.11. The fourth-order valence-electron chi connectivity index (χ4n) is 2.43. The molecule has 0 bridgehead atoms. The highest BCUT2D eigenvalue weighted by molar-refractivity contribution is 5.96. The first-order valence-corrected chi connectivity index (χ1v) is 8.55. The summed E-state index contributed by atoms with van der Waals surface area (Å²) in [6.45, 7) is 1.43. The number of pyridine rings is 1. The van der Waals surface area contributed by atoms with Crippen LogP contribution in [0.25, 0.3) is 0 Å². The molecular formula is C19H20F2N4O4. The third-order valence-electron chi connectivity index (χ3n) is 3.85. The van der Waals surface area contributed by atoms with Crippen LogP contribution in [0.15, 0.2) is 36.4 Å². The summed E-state index contributed by atoms with van der Waals surface area (Å²) in [5.74, 6) is -3.33. The molecule has 154 valence electrons. The number of methoxy groups -OCH3 is 1. The second-order valence-corrected chi connectivity index (χ2v) is 6.18. The molecule has 29 heavy (non-hydrogen) atoms. The Morgan fingerprint density at radius 2 is 1.83 bits per heavy atom. The number of carbonyl (C=O) groups excluding carboxylic acids is 3. The standard InChI is InChI=1S/C19H20F2N4O4/c1-10(23-16(26)8-11-6-12(20)9-13(21)7-11)18(27)25-15-5-3-4-14(24-15)17(22)19(28)29-2/h3-7,9-10,17H,8,22H2,1-2H3,(H,23,26)(H,24,25,27)/t10-,17?/m0/s1. The van der Waals surface area contributed by atoms with Crippen molar-refractivity contribution in [1.82, 2.24) is 10.3 Å². The van der Waals surface area contributed by atoms with Gasteiger partial charge in [0.05, 0.1) is 19.2 Å². The van der Waals surface area contributed by atoms with Crippen molar-refractivity contribution in [3.63, 3.8) is 0 Å². The fraction of sp³-hybridized carbons (Fsp3) is 0.263. The molecule has 2 aromatic rings. The van der Waals surface area contributed by atoms with Gasteiger partial charge < -0.3 is 21.1 Å². The molecule has 0 radical (unpaired) electrons. The summed E-state index contributed by atoms with van der Waals surface area (Å²) in [5.41, 5.74) is 6.04. The molecule has 2 rings (SSSR count). The van der Waals surface area contributed by atoms with Crippen LogP contribution in [-0.2, 0) is 25.5 Å². The molecule has 2 atom stereocenters. The van der Waals surface area contributed by atoms with Crippen LogP contribution in [0.1, 0.15) is 24.2 Å². The predicted molar refractivity (Wildman–Crippen MR) is 99.5 cm³/mol. The fourth-order valence-corrected chi connectivity index (χ4v) is 2.43. The number of hydrogen-bond acceptors (Lipinski definition) is 6. The van der Waals surface area contributed by atoms with Crippen molar-refractivity contribution in [2.45, 2.75) is 25.4 Å². The maximum atomic E-state index is 13.2. The number of ether oxygens (including phenoxy) is 1. The number of nitrogens with one attached hydrogen (secondary N) is 2. The first-order valence-electron chi connectivity index (χ1n) is 8.55. The van der Waals surface area contributed by atoms with Crippen molar-refractivity contribution in [3.05, 3.63) is 59.3 Å². The van der Waals surface area contributed by atoms with Crippen molar-refractivity contribution < 1.29 is 27.9 Å². The van der Waals surface area contributed by atoms with E-state index in [1.807, 2.05) is 0 Å². The number of aromatic nitrogens is 1. The molecule has 1 heterocycles. The molecule has 0 saturated heterocycles. The van der Waals surface area contributed by atoms with Crippen LogP contribution in [0.3, 0.4) is 0 Å². The summed E-state index contributed by atoms with van der Waals surface area (Å²) in [6.07, 6.45) is -0.298.